The molecule has 2 aliphatic heterocycles. The van der Waals surface area contributed by atoms with Crippen LogP contribution in [-0.4, -0.2) is 176 Å². The van der Waals surface area contributed by atoms with Gasteiger partial charge in [0.25, 0.3) is 0 Å². The second-order valence-electron chi connectivity index (χ2n) is 14.6. The Labute approximate surface area is 388 Å². The third-order valence-corrected chi connectivity index (χ3v) is 10.4. The molecule has 0 aromatic heterocycles. The summed E-state index contributed by atoms with van der Waals surface area (Å²) in [5.41, 5.74) is 0.906. The third-order valence-electron chi connectivity index (χ3n) is 10.4. The maximum Gasteiger partial charge on any atom is 0.333 e. The number of hydrogen-bond acceptors (Lipinski definition) is 23. The van der Waals surface area contributed by atoms with Crippen molar-refractivity contribution in [2.75, 3.05) is 55.9 Å². The van der Waals surface area contributed by atoms with Gasteiger partial charge in [-0.15, -0.1) is 0 Å². The van der Waals surface area contributed by atoms with Crippen molar-refractivity contribution < 1.29 is 112 Å². The van der Waals surface area contributed by atoms with Crippen LogP contribution in [0.5, 0.6) is 51.7 Å². The Hall–Kier alpha value is -6.83. The molecular formula is C45H52O23. The van der Waals surface area contributed by atoms with E-state index >= 15 is 0 Å². The number of aliphatic hydroxyl groups is 5. The maximum absolute atomic E-state index is 13.3. The minimum absolute atomic E-state index is 0.0103. The molecule has 0 unspecified atom stereocenters. The monoisotopic (exact) mass is 960 g/mol. The topological polar surface area (TPSA) is 324 Å². The number of aliphatic hydroxyl groups excluding tert-OH is 5. The number of carbonyl (C=O) groups is 3. The highest BCUT2D eigenvalue weighted by atomic mass is 16.8. The van der Waals surface area contributed by atoms with E-state index in [1.54, 1.807) is 0 Å². The fourth-order valence-electron chi connectivity index (χ4n) is 6.79. The molecule has 0 spiro atoms. The van der Waals surface area contributed by atoms with Crippen molar-refractivity contribution in [2.45, 2.75) is 61.4 Å². The summed E-state index contributed by atoms with van der Waals surface area (Å²) in [7, 11) is 7.79. The smallest absolute Gasteiger partial charge is 0.333 e. The Morgan fingerprint density at radius 3 is 1.13 bits per heavy atom. The first-order valence-corrected chi connectivity index (χ1v) is 20.3. The van der Waals surface area contributed by atoms with E-state index in [9.17, 15) is 55.2 Å². The Kier molecular flexibility index (Phi) is 18.2. The number of carbonyl (C=O) groups excluding carboxylic acids is 3. The van der Waals surface area contributed by atoms with Crippen LogP contribution < -0.4 is 28.4 Å². The van der Waals surface area contributed by atoms with Gasteiger partial charge in [0.1, 0.15) is 36.6 Å². The van der Waals surface area contributed by atoms with Crippen molar-refractivity contribution in [2.24, 2.45) is 0 Å². The number of phenols is 3. The van der Waals surface area contributed by atoms with Gasteiger partial charge in [-0.05, 0) is 71.3 Å². The van der Waals surface area contributed by atoms with Crippen molar-refractivity contribution in [1.82, 2.24) is 0 Å². The molecule has 2 aliphatic rings. The quantitative estimate of drug-likeness (QED) is 0.0462. The number of methoxy groups -OCH3 is 6. The molecule has 3 aromatic rings. The van der Waals surface area contributed by atoms with Crippen LogP contribution in [0.15, 0.2) is 54.6 Å². The fraction of sp³-hybridized carbons (Fsp3) is 0.400. The first kappa shape index (κ1) is 52.1. The highest BCUT2D eigenvalue weighted by Gasteiger charge is 2.51. The summed E-state index contributed by atoms with van der Waals surface area (Å²) < 4.78 is 64.4. The predicted octanol–water partition coefficient (Wildman–Crippen LogP) is 0.564. The molecule has 370 valence electrons. The number of rotatable bonds is 19. The Bertz CT molecular complexity index is 2250. The second-order valence-corrected chi connectivity index (χ2v) is 14.6. The molecule has 5 rings (SSSR count). The van der Waals surface area contributed by atoms with Gasteiger partial charge >= 0.3 is 17.9 Å². The molecule has 2 saturated heterocycles. The van der Waals surface area contributed by atoms with Crippen LogP contribution in [0.3, 0.4) is 0 Å². The lowest BCUT2D eigenvalue weighted by molar-refractivity contribution is -0.328. The molecule has 8 N–H and O–H groups in total. The second kappa shape index (κ2) is 23.8. The molecule has 23 heteroatoms. The molecule has 2 heterocycles. The lowest BCUT2D eigenvalue weighted by atomic mass is 9.98. The maximum atomic E-state index is 13.3. The number of phenolic OH excluding ortho intramolecular Hbond substituents is 3. The average molecular weight is 961 g/mol. The lowest BCUT2D eigenvalue weighted by Crippen LogP contribution is -2.63. The third kappa shape index (κ3) is 12.4. The molecule has 0 saturated carbocycles. The number of ether oxygens (including phenoxy) is 12. The molecule has 68 heavy (non-hydrogen) atoms. The van der Waals surface area contributed by atoms with Gasteiger partial charge in [-0.3, -0.25) is 0 Å². The predicted molar refractivity (Wildman–Crippen MR) is 231 cm³/mol. The summed E-state index contributed by atoms with van der Waals surface area (Å²) in [6.07, 6.45) is -11.8. The van der Waals surface area contributed by atoms with Crippen LogP contribution in [0.1, 0.15) is 16.7 Å². The molecule has 0 bridgehead atoms. The van der Waals surface area contributed by atoms with E-state index < -0.39 is 92.5 Å². The van der Waals surface area contributed by atoms with Gasteiger partial charge in [0.2, 0.25) is 23.5 Å². The minimum atomic E-state index is -2.06. The van der Waals surface area contributed by atoms with E-state index in [1.807, 2.05) is 0 Å². The van der Waals surface area contributed by atoms with Crippen molar-refractivity contribution in [3.05, 3.63) is 71.3 Å². The Balaban J connectivity index is 1.38. The summed E-state index contributed by atoms with van der Waals surface area (Å²) in [5, 5.41) is 85.0. The van der Waals surface area contributed by atoms with Crippen LogP contribution >= 0.6 is 0 Å². The van der Waals surface area contributed by atoms with Gasteiger partial charge < -0.3 is 97.7 Å². The van der Waals surface area contributed by atoms with E-state index in [0.717, 1.165) is 18.2 Å². The Morgan fingerprint density at radius 1 is 0.485 bits per heavy atom. The SMILES string of the molecule is COc1cc(/C=C\C(=O)O[C@H]2O[C@H](CO[C@@H]3O[C@H](CO)[C@@H](O)[C@H](O)[C@H]3OC(=O)/C=C\c3cc(OC)c(O)c(OC)c3)[C@@H](O)[C@H](O)[C@H]2OC(=O)/C=C/c2cc(OC)c(O)c(OC)c2)cc(OC)c1O. The highest BCUT2D eigenvalue weighted by molar-refractivity contribution is 5.89. The summed E-state index contributed by atoms with van der Waals surface area (Å²) in [5.74, 6) is -4.17. The lowest BCUT2D eigenvalue weighted by Gasteiger charge is -2.43. The minimum Gasteiger partial charge on any atom is -0.502 e. The zero-order valence-corrected chi connectivity index (χ0v) is 37.3. The van der Waals surface area contributed by atoms with Crippen LogP contribution in [0, 0.1) is 0 Å². The van der Waals surface area contributed by atoms with Gasteiger partial charge in [0, 0.05) is 18.2 Å². The molecule has 23 nitrogen and oxygen atoms in total. The zero-order chi connectivity index (χ0) is 49.8. The van der Waals surface area contributed by atoms with Crippen LogP contribution in [0.25, 0.3) is 18.2 Å². The van der Waals surface area contributed by atoms with E-state index in [4.69, 9.17) is 56.8 Å². The molecule has 0 radical (unpaired) electrons. The van der Waals surface area contributed by atoms with Gasteiger partial charge in [-0.25, -0.2) is 14.4 Å². The van der Waals surface area contributed by atoms with E-state index in [-0.39, 0.29) is 51.7 Å². The number of esters is 3. The molecule has 0 aliphatic carbocycles. The van der Waals surface area contributed by atoms with Crippen molar-refractivity contribution in [3.63, 3.8) is 0 Å². The largest absolute Gasteiger partial charge is 0.502 e. The van der Waals surface area contributed by atoms with Crippen molar-refractivity contribution in [3.8, 4) is 51.7 Å². The first-order valence-electron chi connectivity index (χ1n) is 20.3. The molecular weight excluding hydrogens is 908 g/mol. The molecule has 3 aromatic carbocycles. The van der Waals surface area contributed by atoms with Crippen molar-refractivity contribution in [1.29, 1.82) is 0 Å². The summed E-state index contributed by atoms with van der Waals surface area (Å²) in [4.78, 5) is 39.6. The normalized spacial score (nSPS) is 24.9. The first-order chi connectivity index (χ1) is 32.5. The number of aromatic hydroxyl groups is 3. The summed E-state index contributed by atoms with van der Waals surface area (Å²) in [6.45, 7) is -1.63. The van der Waals surface area contributed by atoms with E-state index in [1.165, 1.54) is 97.3 Å². The van der Waals surface area contributed by atoms with Crippen molar-refractivity contribution >= 4 is 36.1 Å². The summed E-state index contributed by atoms with van der Waals surface area (Å²) in [6, 6.07) is 8.26. The molecule has 10 atom stereocenters. The molecule has 2 fully saturated rings. The fourth-order valence-corrected chi connectivity index (χ4v) is 6.79. The van der Waals surface area contributed by atoms with Crippen LogP contribution in [0.4, 0.5) is 0 Å². The van der Waals surface area contributed by atoms with Gasteiger partial charge in [-0.1, -0.05) is 0 Å². The Morgan fingerprint density at radius 2 is 0.794 bits per heavy atom. The molecule has 0 amide bonds. The van der Waals surface area contributed by atoms with E-state index in [2.05, 4.69) is 0 Å². The van der Waals surface area contributed by atoms with Gasteiger partial charge in [0.15, 0.2) is 53.0 Å². The van der Waals surface area contributed by atoms with Crippen LogP contribution in [0.2, 0.25) is 0 Å². The standard InChI is InChI=1S/C45H52O23/c1-57-24-13-21(14-25(58-2)35(24)50)7-10-32(47)66-42-40(55)38(53)30(19-46)64-44(42)63-20-31-39(54)41(56)43(67-33(48)11-8-22-15-26(59-3)36(51)27(16-22)60-4)45(65-31)68-34(49)12-9-23-17-28(61-5)37(52)29(18-23)62-6/h7-18,30-31,38-46,50-56H,19-20H2,1-6H3/b10-7-,11-8+,12-9-/t30-,31-,38-,39-,40+,41+,42-,43-,44-,45-/m1/s1. The summed E-state index contributed by atoms with van der Waals surface area (Å²) >= 11 is 0. The van der Waals surface area contributed by atoms with E-state index in [0.29, 0.717) is 16.7 Å². The van der Waals surface area contributed by atoms with Crippen LogP contribution in [-0.2, 0) is 42.8 Å². The number of benzene rings is 3. The average Bonchev–Trinajstić information content (AvgIpc) is 3.33. The number of hydrogen-bond donors (Lipinski definition) is 8. The van der Waals surface area contributed by atoms with Gasteiger partial charge in [0.05, 0.1) is 55.9 Å². The zero-order valence-electron chi connectivity index (χ0n) is 37.3. The highest BCUT2D eigenvalue weighted by Crippen LogP contribution is 2.40. The van der Waals surface area contributed by atoms with Gasteiger partial charge in [-0.2, -0.15) is 0 Å².